The van der Waals surface area contributed by atoms with Crippen molar-refractivity contribution < 1.29 is 13.9 Å². The van der Waals surface area contributed by atoms with Gasteiger partial charge >= 0.3 is 0 Å². The zero-order chi connectivity index (χ0) is 14.9. The molecule has 0 saturated carbocycles. The van der Waals surface area contributed by atoms with E-state index in [1.807, 2.05) is 13.8 Å². The third-order valence-corrected chi connectivity index (χ3v) is 3.58. The molecule has 0 N–H and O–H groups in total. The van der Waals surface area contributed by atoms with Gasteiger partial charge < -0.3 is 9.15 Å². The van der Waals surface area contributed by atoms with Gasteiger partial charge in [0.25, 0.3) is 0 Å². The summed E-state index contributed by atoms with van der Waals surface area (Å²) in [6.07, 6.45) is 1.47. The molecule has 20 heavy (non-hydrogen) atoms. The quantitative estimate of drug-likeness (QED) is 0.796. The molecule has 0 fully saturated rings. The van der Waals surface area contributed by atoms with Crippen molar-refractivity contribution in [3.05, 3.63) is 39.6 Å². The smallest absolute Gasteiger partial charge is 0.216 e. The number of hydrogen-bond donors (Lipinski definition) is 0. The van der Waals surface area contributed by atoms with Gasteiger partial charge in [-0.1, -0.05) is 11.6 Å². The van der Waals surface area contributed by atoms with Crippen LogP contribution in [0.3, 0.4) is 0 Å². The predicted molar refractivity (Wildman–Crippen MR) is 75.5 cm³/mol. The maximum absolute atomic E-state index is 12.7. The van der Waals surface area contributed by atoms with Crippen LogP contribution in [0.2, 0.25) is 5.02 Å². The SMILES string of the molecule is COCCn1ncc(Cl)c1C(=O)c1c(C)oc(C)c1C. The monoisotopic (exact) mass is 296 g/mol. The first-order valence-electron chi connectivity index (χ1n) is 6.28. The highest BCUT2D eigenvalue weighted by molar-refractivity contribution is 6.34. The molecule has 0 spiro atoms. The molecule has 0 atom stereocenters. The molecule has 0 aliphatic heterocycles. The lowest BCUT2D eigenvalue weighted by Gasteiger charge is -2.07. The Morgan fingerprint density at radius 1 is 1.40 bits per heavy atom. The van der Waals surface area contributed by atoms with E-state index in [1.165, 1.54) is 6.20 Å². The largest absolute Gasteiger partial charge is 0.466 e. The Hall–Kier alpha value is -1.59. The summed E-state index contributed by atoms with van der Waals surface area (Å²) in [6, 6.07) is 0. The summed E-state index contributed by atoms with van der Waals surface area (Å²) in [5.74, 6) is 1.17. The molecule has 0 aliphatic carbocycles. The number of hydrogen-bond acceptors (Lipinski definition) is 4. The van der Waals surface area contributed by atoms with Crippen molar-refractivity contribution in [3.8, 4) is 0 Å². The van der Waals surface area contributed by atoms with E-state index in [-0.39, 0.29) is 5.78 Å². The summed E-state index contributed by atoms with van der Waals surface area (Å²) in [7, 11) is 1.60. The fraction of sp³-hybridized carbons (Fsp3) is 0.429. The summed E-state index contributed by atoms with van der Waals surface area (Å²) in [4.78, 5) is 12.7. The van der Waals surface area contributed by atoms with E-state index in [0.29, 0.717) is 35.2 Å². The van der Waals surface area contributed by atoms with Gasteiger partial charge in [-0.15, -0.1) is 0 Å². The van der Waals surface area contributed by atoms with Crippen molar-refractivity contribution in [2.45, 2.75) is 27.3 Å². The molecule has 6 heteroatoms. The lowest BCUT2D eigenvalue weighted by molar-refractivity contribution is 0.102. The van der Waals surface area contributed by atoms with E-state index < -0.39 is 0 Å². The Morgan fingerprint density at radius 3 is 2.65 bits per heavy atom. The maximum atomic E-state index is 12.7. The molecule has 2 rings (SSSR count). The first kappa shape index (κ1) is 14.8. The van der Waals surface area contributed by atoms with E-state index in [9.17, 15) is 4.79 Å². The lowest BCUT2D eigenvalue weighted by Crippen LogP contribution is -2.15. The Balaban J connectivity index is 2.45. The van der Waals surface area contributed by atoms with Crippen LogP contribution in [-0.2, 0) is 11.3 Å². The van der Waals surface area contributed by atoms with Gasteiger partial charge in [0.15, 0.2) is 0 Å². The highest BCUT2D eigenvalue weighted by atomic mass is 35.5. The van der Waals surface area contributed by atoms with Crippen LogP contribution in [-0.4, -0.2) is 29.3 Å². The van der Waals surface area contributed by atoms with Gasteiger partial charge in [-0.3, -0.25) is 9.48 Å². The number of aromatic nitrogens is 2. The maximum Gasteiger partial charge on any atom is 0.216 e. The van der Waals surface area contributed by atoms with E-state index in [2.05, 4.69) is 5.10 Å². The lowest BCUT2D eigenvalue weighted by atomic mass is 10.0. The minimum absolute atomic E-state index is 0.171. The van der Waals surface area contributed by atoms with Crippen LogP contribution in [0.5, 0.6) is 0 Å². The Bertz CT molecular complexity index is 643. The second-order valence-corrected chi connectivity index (χ2v) is 5.01. The molecule has 0 saturated heterocycles. The first-order valence-corrected chi connectivity index (χ1v) is 6.66. The standard InChI is InChI=1S/C14H17ClN2O3/c1-8-9(2)20-10(3)12(8)14(18)13-11(15)7-16-17(13)5-6-19-4/h7H,5-6H2,1-4H3. The normalized spacial score (nSPS) is 11.1. The van der Waals surface area contributed by atoms with Crippen molar-refractivity contribution in [1.82, 2.24) is 9.78 Å². The highest BCUT2D eigenvalue weighted by Crippen LogP contribution is 2.26. The fourth-order valence-corrected chi connectivity index (χ4v) is 2.41. The van der Waals surface area contributed by atoms with Gasteiger partial charge in [-0.2, -0.15) is 5.10 Å². The molecule has 0 amide bonds. The van der Waals surface area contributed by atoms with Gasteiger partial charge in [0, 0.05) is 12.7 Å². The number of ketones is 1. The summed E-state index contributed by atoms with van der Waals surface area (Å²) < 4.78 is 12.1. The Labute approximate surface area is 122 Å². The average molecular weight is 297 g/mol. The number of furan rings is 1. The van der Waals surface area contributed by atoms with Crippen LogP contribution in [0, 0.1) is 20.8 Å². The molecule has 2 aromatic rings. The number of ether oxygens (including phenoxy) is 1. The van der Waals surface area contributed by atoms with Crippen LogP contribution in [0.4, 0.5) is 0 Å². The first-order chi connectivity index (χ1) is 9.47. The van der Waals surface area contributed by atoms with E-state index in [0.717, 1.165) is 11.3 Å². The molecular weight excluding hydrogens is 280 g/mol. The number of rotatable bonds is 5. The van der Waals surface area contributed by atoms with Crippen LogP contribution in [0.25, 0.3) is 0 Å². The molecule has 2 heterocycles. The fourth-order valence-electron chi connectivity index (χ4n) is 2.18. The van der Waals surface area contributed by atoms with Crippen molar-refractivity contribution in [3.63, 3.8) is 0 Å². The van der Waals surface area contributed by atoms with Gasteiger partial charge in [-0.25, -0.2) is 0 Å². The molecular formula is C14H17ClN2O3. The molecule has 2 aromatic heterocycles. The van der Waals surface area contributed by atoms with Crippen LogP contribution in [0.1, 0.15) is 33.1 Å². The zero-order valence-electron chi connectivity index (χ0n) is 12.0. The van der Waals surface area contributed by atoms with Gasteiger partial charge in [-0.05, 0) is 20.8 Å². The van der Waals surface area contributed by atoms with Crippen LogP contribution >= 0.6 is 11.6 Å². The molecule has 0 aromatic carbocycles. The molecule has 0 radical (unpaired) electrons. The van der Waals surface area contributed by atoms with E-state index in [4.69, 9.17) is 20.8 Å². The zero-order valence-corrected chi connectivity index (χ0v) is 12.7. The number of carbonyl (C=O) groups excluding carboxylic acids is 1. The third-order valence-electron chi connectivity index (χ3n) is 3.31. The average Bonchev–Trinajstić information content (AvgIpc) is 2.88. The molecule has 0 unspecified atom stereocenters. The van der Waals surface area contributed by atoms with Crippen LogP contribution < -0.4 is 0 Å². The minimum atomic E-state index is -0.171. The topological polar surface area (TPSA) is 57.3 Å². The summed E-state index contributed by atoms with van der Waals surface area (Å²) in [5.41, 5.74) is 1.77. The van der Waals surface area contributed by atoms with Crippen molar-refractivity contribution in [1.29, 1.82) is 0 Å². The molecule has 5 nitrogen and oxygen atoms in total. The number of halogens is 1. The molecule has 0 aliphatic rings. The Kier molecular flexibility index (Phi) is 4.30. The van der Waals surface area contributed by atoms with Gasteiger partial charge in [0.05, 0.1) is 29.9 Å². The highest BCUT2D eigenvalue weighted by Gasteiger charge is 2.25. The van der Waals surface area contributed by atoms with Crippen molar-refractivity contribution in [2.75, 3.05) is 13.7 Å². The second-order valence-electron chi connectivity index (χ2n) is 4.60. The predicted octanol–water partition coefficient (Wildman–Crippen LogP) is 2.93. The van der Waals surface area contributed by atoms with Gasteiger partial charge in [0.1, 0.15) is 17.2 Å². The molecule has 0 bridgehead atoms. The van der Waals surface area contributed by atoms with Gasteiger partial charge in [0.2, 0.25) is 5.78 Å². The number of aryl methyl sites for hydroxylation is 2. The van der Waals surface area contributed by atoms with Crippen molar-refractivity contribution >= 4 is 17.4 Å². The van der Waals surface area contributed by atoms with Crippen molar-refractivity contribution in [2.24, 2.45) is 0 Å². The van der Waals surface area contributed by atoms with E-state index in [1.54, 1.807) is 18.7 Å². The minimum Gasteiger partial charge on any atom is -0.466 e. The summed E-state index contributed by atoms with van der Waals surface area (Å²) in [6.45, 7) is 6.41. The summed E-state index contributed by atoms with van der Waals surface area (Å²) >= 11 is 6.10. The van der Waals surface area contributed by atoms with Crippen LogP contribution in [0.15, 0.2) is 10.6 Å². The number of carbonyl (C=O) groups is 1. The number of nitrogens with zero attached hydrogens (tertiary/aromatic N) is 2. The second kappa shape index (κ2) is 5.81. The Morgan fingerprint density at radius 2 is 2.10 bits per heavy atom. The number of methoxy groups -OCH3 is 1. The van der Waals surface area contributed by atoms with E-state index >= 15 is 0 Å². The molecule has 108 valence electrons. The summed E-state index contributed by atoms with van der Waals surface area (Å²) in [5, 5.41) is 4.46. The third kappa shape index (κ3) is 2.51.